The van der Waals surface area contributed by atoms with Gasteiger partial charge in [-0.2, -0.15) is 0 Å². The molecule has 0 spiro atoms. The number of hydrogen-bond donors (Lipinski definition) is 1. The van der Waals surface area contributed by atoms with E-state index in [9.17, 15) is 9.59 Å². The van der Waals surface area contributed by atoms with Crippen LogP contribution in [0.4, 0.5) is 0 Å². The third-order valence-corrected chi connectivity index (χ3v) is 3.86. The summed E-state index contributed by atoms with van der Waals surface area (Å²) >= 11 is 0. The zero-order valence-electron chi connectivity index (χ0n) is 13.4. The van der Waals surface area contributed by atoms with E-state index in [-0.39, 0.29) is 18.4 Å². The molecule has 0 bridgehead atoms. The molecule has 1 aromatic rings. The van der Waals surface area contributed by atoms with Gasteiger partial charge in [0.15, 0.2) is 0 Å². The Kier molecular flexibility index (Phi) is 6.40. The van der Waals surface area contributed by atoms with Gasteiger partial charge in [-0.15, -0.1) is 0 Å². The molecule has 1 atom stereocenters. The van der Waals surface area contributed by atoms with Crippen molar-refractivity contribution in [3.8, 4) is 5.75 Å². The Balaban J connectivity index is 2.07. The molecule has 1 amide bonds. The van der Waals surface area contributed by atoms with E-state index in [1.165, 1.54) is 0 Å². The van der Waals surface area contributed by atoms with Crippen LogP contribution in [0.25, 0.3) is 0 Å². The first kappa shape index (κ1) is 17.3. The molecule has 1 aliphatic rings. The van der Waals surface area contributed by atoms with Gasteiger partial charge in [-0.05, 0) is 31.9 Å². The van der Waals surface area contributed by atoms with Gasteiger partial charge in [0.1, 0.15) is 12.4 Å². The number of carboxylic acids is 1. The fourth-order valence-electron chi connectivity index (χ4n) is 2.80. The van der Waals surface area contributed by atoms with Crippen LogP contribution in [0.3, 0.4) is 0 Å². The minimum Gasteiger partial charge on any atom is -0.490 e. The molecule has 0 saturated carbocycles. The first-order valence-electron chi connectivity index (χ1n) is 7.95. The van der Waals surface area contributed by atoms with E-state index in [1.54, 1.807) is 23.1 Å². The second-order valence-corrected chi connectivity index (χ2v) is 5.43. The third kappa shape index (κ3) is 4.69. The molecule has 0 aliphatic carbocycles. The standard InChI is InChI=1S/C17H23NO5/c1-2-22-10-11-23-15-8-4-3-7-14(15)17(21)18-9-5-6-13(18)12-16(19)20/h3-4,7-8,13H,2,5-6,9-12H2,1H3,(H,19,20). The van der Waals surface area contributed by atoms with E-state index in [0.717, 1.165) is 12.8 Å². The second-order valence-electron chi connectivity index (χ2n) is 5.43. The summed E-state index contributed by atoms with van der Waals surface area (Å²) in [4.78, 5) is 25.4. The topological polar surface area (TPSA) is 76.1 Å². The minimum absolute atomic E-state index is 0.0148. The summed E-state index contributed by atoms with van der Waals surface area (Å²) in [6.07, 6.45) is 1.54. The summed E-state index contributed by atoms with van der Waals surface area (Å²) < 4.78 is 10.9. The van der Waals surface area contributed by atoms with Crippen LogP contribution in [0.1, 0.15) is 36.5 Å². The fourth-order valence-corrected chi connectivity index (χ4v) is 2.80. The quantitative estimate of drug-likeness (QED) is 0.743. The number of likely N-dealkylation sites (tertiary alicyclic amines) is 1. The molecule has 1 aliphatic heterocycles. The van der Waals surface area contributed by atoms with Gasteiger partial charge in [-0.25, -0.2) is 0 Å². The lowest BCUT2D eigenvalue weighted by Crippen LogP contribution is -2.37. The highest BCUT2D eigenvalue weighted by Gasteiger charge is 2.32. The van der Waals surface area contributed by atoms with Crippen LogP contribution < -0.4 is 4.74 Å². The molecule has 2 rings (SSSR count). The third-order valence-electron chi connectivity index (χ3n) is 3.86. The van der Waals surface area contributed by atoms with Crippen molar-refractivity contribution in [1.29, 1.82) is 0 Å². The number of carbonyl (C=O) groups is 2. The summed E-state index contributed by atoms with van der Waals surface area (Å²) in [6, 6.07) is 6.82. The molecule has 6 heteroatoms. The van der Waals surface area contributed by atoms with Crippen LogP contribution in [0.15, 0.2) is 24.3 Å². The lowest BCUT2D eigenvalue weighted by atomic mass is 10.1. The largest absolute Gasteiger partial charge is 0.490 e. The van der Waals surface area contributed by atoms with Crippen LogP contribution in [0, 0.1) is 0 Å². The number of benzene rings is 1. The number of hydrogen-bond acceptors (Lipinski definition) is 4. The molecule has 1 saturated heterocycles. The lowest BCUT2D eigenvalue weighted by molar-refractivity contribution is -0.137. The monoisotopic (exact) mass is 321 g/mol. The number of rotatable bonds is 8. The zero-order valence-corrected chi connectivity index (χ0v) is 13.4. The van der Waals surface area contributed by atoms with Gasteiger partial charge in [-0.1, -0.05) is 12.1 Å². The smallest absolute Gasteiger partial charge is 0.305 e. The molecule has 23 heavy (non-hydrogen) atoms. The summed E-state index contributed by atoms with van der Waals surface area (Å²) in [5.74, 6) is -0.533. The Morgan fingerprint density at radius 3 is 2.83 bits per heavy atom. The van der Waals surface area contributed by atoms with E-state index >= 15 is 0 Å². The van der Waals surface area contributed by atoms with Gasteiger partial charge < -0.3 is 19.5 Å². The number of para-hydroxylation sites is 1. The van der Waals surface area contributed by atoms with Gasteiger partial charge >= 0.3 is 5.97 Å². The summed E-state index contributed by atoms with van der Waals surface area (Å²) in [5, 5.41) is 8.99. The van der Waals surface area contributed by atoms with Crippen LogP contribution in [0.2, 0.25) is 0 Å². The number of carboxylic acid groups (broad SMARTS) is 1. The van der Waals surface area contributed by atoms with Crippen molar-refractivity contribution in [1.82, 2.24) is 4.90 Å². The van der Waals surface area contributed by atoms with Crippen LogP contribution in [-0.4, -0.2) is 54.3 Å². The van der Waals surface area contributed by atoms with Gasteiger partial charge in [0, 0.05) is 19.2 Å². The van der Waals surface area contributed by atoms with E-state index in [4.69, 9.17) is 14.6 Å². The predicted molar refractivity (Wildman–Crippen MR) is 84.7 cm³/mol. The van der Waals surface area contributed by atoms with E-state index in [0.29, 0.717) is 37.7 Å². The van der Waals surface area contributed by atoms with Crippen molar-refractivity contribution in [2.24, 2.45) is 0 Å². The summed E-state index contributed by atoms with van der Waals surface area (Å²) in [6.45, 7) is 3.95. The second kappa shape index (κ2) is 8.53. The van der Waals surface area contributed by atoms with Crippen molar-refractivity contribution in [3.63, 3.8) is 0 Å². The van der Waals surface area contributed by atoms with E-state index < -0.39 is 5.97 Å². The van der Waals surface area contributed by atoms with Gasteiger partial charge in [0.25, 0.3) is 5.91 Å². The molecule has 1 N–H and O–H groups in total. The van der Waals surface area contributed by atoms with Crippen molar-refractivity contribution < 1.29 is 24.2 Å². The van der Waals surface area contributed by atoms with E-state index in [1.807, 2.05) is 13.0 Å². The maximum atomic E-state index is 12.8. The Hall–Kier alpha value is -2.08. The fraction of sp³-hybridized carbons (Fsp3) is 0.529. The maximum Gasteiger partial charge on any atom is 0.305 e. The molecule has 1 fully saturated rings. The Morgan fingerprint density at radius 1 is 1.30 bits per heavy atom. The Morgan fingerprint density at radius 2 is 2.09 bits per heavy atom. The average Bonchev–Trinajstić information content (AvgIpc) is 2.98. The van der Waals surface area contributed by atoms with Crippen molar-refractivity contribution in [2.75, 3.05) is 26.4 Å². The highest BCUT2D eigenvalue weighted by Crippen LogP contribution is 2.26. The number of amides is 1. The molecular weight excluding hydrogens is 298 g/mol. The normalized spacial score (nSPS) is 17.3. The Labute approximate surface area is 136 Å². The number of aliphatic carboxylic acids is 1. The molecular formula is C17H23NO5. The maximum absolute atomic E-state index is 12.8. The van der Waals surface area contributed by atoms with Crippen LogP contribution in [-0.2, 0) is 9.53 Å². The number of nitrogens with zero attached hydrogens (tertiary/aromatic N) is 1. The summed E-state index contributed by atoms with van der Waals surface area (Å²) in [5.41, 5.74) is 0.473. The molecule has 0 radical (unpaired) electrons. The Bertz CT molecular complexity index is 546. The van der Waals surface area contributed by atoms with Gasteiger partial charge in [0.05, 0.1) is 18.6 Å². The SMILES string of the molecule is CCOCCOc1ccccc1C(=O)N1CCCC1CC(=O)O. The zero-order chi connectivity index (χ0) is 16.7. The number of carbonyl (C=O) groups excluding carboxylic acids is 1. The van der Waals surface area contributed by atoms with Crippen molar-refractivity contribution in [3.05, 3.63) is 29.8 Å². The molecule has 126 valence electrons. The molecule has 1 heterocycles. The van der Waals surface area contributed by atoms with Gasteiger partial charge in [0.2, 0.25) is 0 Å². The summed E-state index contributed by atoms with van der Waals surface area (Å²) in [7, 11) is 0. The molecule has 1 aromatic carbocycles. The average molecular weight is 321 g/mol. The highest BCUT2D eigenvalue weighted by atomic mass is 16.5. The number of ether oxygens (including phenoxy) is 2. The first-order chi connectivity index (χ1) is 11.1. The highest BCUT2D eigenvalue weighted by molar-refractivity contribution is 5.97. The van der Waals surface area contributed by atoms with Crippen LogP contribution >= 0.6 is 0 Å². The van der Waals surface area contributed by atoms with Crippen molar-refractivity contribution >= 4 is 11.9 Å². The first-order valence-corrected chi connectivity index (χ1v) is 7.95. The molecule has 0 aromatic heterocycles. The molecule has 1 unspecified atom stereocenters. The van der Waals surface area contributed by atoms with E-state index in [2.05, 4.69) is 0 Å². The predicted octanol–water partition coefficient (Wildman–Crippen LogP) is 2.18. The minimum atomic E-state index is -0.879. The lowest BCUT2D eigenvalue weighted by Gasteiger charge is -2.24. The van der Waals surface area contributed by atoms with Gasteiger partial charge in [-0.3, -0.25) is 9.59 Å². The van der Waals surface area contributed by atoms with Crippen molar-refractivity contribution in [2.45, 2.75) is 32.2 Å². The molecule has 6 nitrogen and oxygen atoms in total. The van der Waals surface area contributed by atoms with Crippen LogP contribution in [0.5, 0.6) is 5.75 Å².